The lowest BCUT2D eigenvalue weighted by molar-refractivity contribution is 0.242. The average Bonchev–Trinajstić information content (AvgIpc) is 2.29. The minimum Gasteiger partial charge on any atom is -0.314 e. The molecule has 1 saturated heterocycles. The Morgan fingerprint density at radius 3 is 2.86 bits per heavy atom. The number of piperazine rings is 1. The van der Waals surface area contributed by atoms with Crippen LogP contribution >= 0.6 is 0 Å². The van der Waals surface area contributed by atoms with Crippen LogP contribution < -0.4 is 5.32 Å². The van der Waals surface area contributed by atoms with Crippen LogP contribution in [0, 0.1) is 0 Å². The number of nitrogens with zero attached hydrogens (tertiary/aromatic N) is 4. The van der Waals surface area contributed by atoms with E-state index in [-0.39, 0.29) is 0 Å². The molecule has 76 valence electrons. The topological polar surface area (TPSA) is 53.9 Å². The van der Waals surface area contributed by atoms with Crippen LogP contribution in [0.2, 0.25) is 0 Å². The minimum atomic E-state index is 0.839. The van der Waals surface area contributed by atoms with Crippen LogP contribution in [0.1, 0.15) is 5.82 Å². The first-order chi connectivity index (χ1) is 6.95. The van der Waals surface area contributed by atoms with Gasteiger partial charge >= 0.3 is 0 Å². The van der Waals surface area contributed by atoms with Crippen LogP contribution in [0.4, 0.5) is 0 Å². The third-order valence-corrected chi connectivity index (χ3v) is 2.39. The van der Waals surface area contributed by atoms with Gasteiger partial charge in [-0.15, -0.1) is 5.10 Å². The van der Waals surface area contributed by atoms with Gasteiger partial charge < -0.3 is 10.2 Å². The smallest absolute Gasteiger partial charge is 0.152 e. The molecule has 0 aliphatic carbocycles. The van der Waals surface area contributed by atoms with Gasteiger partial charge in [0.15, 0.2) is 5.82 Å². The Balaban J connectivity index is 1.76. The van der Waals surface area contributed by atoms with Crippen molar-refractivity contribution in [1.29, 1.82) is 0 Å². The van der Waals surface area contributed by atoms with Gasteiger partial charge in [-0.3, -0.25) is 0 Å². The molecule has 0 atom stereocenters. The molecule has 1 aromatic heterocycles. The van der Waals surface area contributed by atoms with E-state index in [0.29, 0.717) is 0 Å². The summed E-state index contributed by atoms with van der Waals surface area (Å²) in [7, 11) is 0. The van der Waals surface area contributed by atoms with Gasteiger partial charge in [-0.2, -0.15) is 5.10 Å². The Hall–Kier alpha value is -1.07. The van der Waals surface area contributed by atoms with Crippen molar-refractivity contribution in [3.8, 4) is 0 Å². The summed E-state index contributed by atoms with van der Waals surface area (Å²) < 4.78 is 0. The fourth-order valence-corrected chi connectivity index (χ4v) is 1.58. The fraction of sp³-hybridized carbons (Fsp3) is 0.667. The molecule has 1 aromatic rings. The molecule has 0 unspecified atom stereocenters. The number of aromatic nitrogens is 3. The predicted octanol–water partition coefficient (Wildman–Crippen LogP) is -0.681. The first-order valence-corrected chi connectivity index (χ1v) is 5.01. The Kier molecular flexibility index (Phi) is 3.37. The van der Waals surface area contributed by atoms with E-state index in [9.17, 15) is 0 Å². The fourth-order valence-electron chi connectivity index (χ4n) is 1.58. The minimum absolute atomic E-state index is 0.839. The summed E-state index contributed by atoms with van der Waals surface area (Å²) in [5.41, 5.74) is 0. The number of hydrogen-bond donors (Lipinski definition) is 1. The van der Waals surface area contributed by atoms with Crippen LogP contribution in [0.25, 0.3) is 0 Å². The molecule has 14 heavy (non-hydrogen) atoms. The Bertz CT molecular complexity index is 257. The highest BCUT2D eigenvalue weighted by atomic mass is 15.2. The van der Waals surface area contributed by atoms with Gasteiger partial charge in [0.2, 0.25) is 0 Å². The van der Waals surface area contributed by atoms with Crippen molar-refractivity contribution in [3.05, 3.63) is 18.2 Å². The molecular formula is C9H15N5. The third-order valence-electron chi connectivity index (χ3n) is 2.39. The van der Waals surface area contributed by atoms with E-state index in [0.717, 1.165) is 45.0 Å². The lowest BCUT2D eigenvalue weighted by Crippen LogP contribution is -2.44. The quantitative estimate of drug-likeness (QED) is 0.689. The van der Waals surface area contributed by atoms with Crippen LogP contribution in [0.3, 0.4) is 0 Å². The number of hydrogen-bond acceptors (Lipinski definition) is 5. The maximum atomic E-state index is 4.15. The van der Waals surface area contributed by atoms with Gasteiger partial charge in [0.1, 0.15) is 0 Å². The first kappa shape index (κ1) is 9.48. The zero-order valence-electron chi connectivity index (χ0n) is 8.19. The van der Waals surface area contributed by atoms with E-state index in [1.54, 1.807) is 12.4 Å². The van der Waals surface area contributed by atoms with Crippen molar-refractivity contribution in [2.45, 2.75) is 6.42 Å². The van der Waals surface area contributed by atoms with Crippen molar-refractivity contribution in [2.75, 3.05) is 32.7 Å². The Morgan fingerprint density at radius 1 is 1.29 bits per heavy atom. The monoisotopic (exact) mass is 193 g/mol. The van der Waals surface area contributed by atoms with E-state index in [2.05, 4.69) is 25.4 Å². The van der Waals surface area contributed by atoms with Crippen LogP contribution in [0.15, 0.2) is 12.4 Å². The molecular weight excluding hydrogens is 178 g/mol. The number of rotatable bonds is 3. The number of nitrogens with one attached hydrogen (secondary N) is 1. The molecule has 1 aliphatic rings. The second-order valence-corrected chi connectivity index (χ2v) is 3.40. The summed E-state index contributed by atoms with van der Waals surface area (Å²) in [4.78, 5) is 6.57. The normalized spacial score (nSPS) is 18.3. The zero-order valence-corrected chi connectivity index (χ0v) is 8.19. The van der Waals surface area contributed by atoms with Gasteiger partial charge in [0.05, 0.1) is 6.20 Å². The molecule has 1 fully saturated rings. The summed E-state index contributed by atoms with van der Waals surface area (Å²) in [5.74, 6) is 0.839. The standard InChI is InChI=1S/C9H15N5/c1(9-11-2-3-12-13-9)6-14-7-4-10-5-8-14/h2-3,10H,1,4-8H2. The second kappa shape index (κ2) is 4.97. The van der Waals surface area contributed by atoms with Crippen LogP contribution in [-0.2, 0) is 6.42 Å². The van der Waals surface area contributed by atoms with E-state index in [1.807, 2.05) is 0 Å². The highest BCUT2D eigenvalue weighted by Crippen LogP contribution is 1.95. The molecule has 0 spiro atoms. The zero-order chi connectivity index (χ0) is 9.64. The van der Waals surface area contributed by atoms with E-state index >= 15 is 0 Å². The molecule has 0 aromatic carbocycles. The molecule has 0 amide bonds. The average molecular weight is 193 g/mol. The van der Waals surface area contributed by atoms with Crippen LogP contribution in [-0.4, -0.2) is 52.8 Å². The molecule has 5 heteroatoms. The Labute approximate surface area is 83.6 Å². The second-order valence-electron chi connectivity index (χ2n) is 3.40. The largest absolute Gasteiger partial charge is 0.314 e. The van der Waals surface area contributed by atoms with E-state index < -0.39 is 0 Å². The summed E-state index contributed by atoms with van der Waals surface area (Å²) in [6.07, 6.45) is 4.20. The molecule has 1 aliphatic heterocycles. The molecule has 1 N–H and O–H groups in total. The van der Waals surface area contributed by atoms with Gasteiger partial charge in [0, 0.05) is 45.3 Å². The highest BCUT2D eigenvalue weighted by Gasteiger charge is 2.09. The molecule has 0 radical (unpaired) electrons. The van der Waals surface area contributed by atoms with Crippen molar-refractivity contribution >= 4 is 0 Å². The maximum Gasteiger partial charge on any atom is 0.152 e. The van der Waals surface area contributed by atoms with Crippen molar-refractivity contribution in [2.24, 2.45) is 0 Å². The molecule has 2 rings (SSSR count). The van der Waals surface area contributed by atoms with Gasteiger partial charge in [-0.05, 0) is 0 Å². The molecule has 5 nitrogen and oxygen atoms in total. The van der Waals surface area contributed by atoms with Gasteiger partial charge in [-0.25, -0.2) is 4.98 Å². The van der Waals surface area contributed by atoms with Gasteiger partial charge in [0.25, 0.3) is 0 Å². The third kappa shape index (κ3) is 2.71. The maximum absolute atomic E-state index is 4.15. The van der Waals surface area contributed by atoms with Crippen molar-refractivity contribution in [1.82, 2.24) is 25.4 Å². The SMILES string of the molecule is c1cnc(CCN2CCNCC2)nn1. The lowest BCUT2D eigenvalue weighted by Gasteiger charge is -2.26. The summed E-state index contributed by atoms with van der Waals surface area (Å²) in [6, 6.07) is 0. The van der Waals surface area contributed by atoms with E-state index in [1.165, 1.54) is 0 Å². The Morgan fingerprint density at radius 2 is 2.14 bits per heavy atom. The van der Waals surface area contributed by atoms with Crippen molar-refractivity contribution in [3.63, 3.8) is 0 Å². The first-order valence-electron chi connectivity index (χ1n) is 5.01. The van der Waals surface area contributed by atoms with Crippen LogP contribution in [0.5, 0.6) is 0 Å². The predicted molar refractivity (Wildman–Crippen MR) is 52.8 cm³/mol. The summed E-state index contributed by atoms with van der Waals surface area (Å²) >= 11 is 0. The summed E-state index contributed by atoms with van der Waals surface area (Å²) in [5, 5.41) is 11.1. The highest BCUT2D eigenvalue weighted by molar-refractivity contribution is 4.83. The van der Waals surface area contributed by atoms with Crippen molar-refractivity contribution < 1.29 is 0 Å². The van der Waals surface area contributed by atoms with E-state index in [4.69, 9.17) is 0 Å². The molecule has 0 saturated carbocycles. The lowest BCUT2D eigenvalue weighted by atomic mass is 10.3. The molecule has 2 heterocycles. The summed E-state index contributed by atoms with van der Waals surface area (Å²) in [6.45, 7) is 5.47. The molecule has 0 bridgehead atoms. The van der Waals surface area contributed by atoms with Gasteiger partial charge in [-0.1, -0.05) is 0 Å².